The zero-order valence-electron chi connectivity index (χ0n) is 14.3. The van der Waals surface area contributed by atoms with Gasteiger partial charge in [0.2, 0.25) is 0 Å². The topological polar surface area (TPSA) is 61.8 Å². The number of rotatable bonds is 3. The first-order chi connectivity index (χ1) is 13.1. The highest BCUT2D eigenvalue weighted by Crippen LogP contribution is 2.51. The Hall–Kier alpha value is -2.17. The third-order valence-electron chi connectivity index (χ3n) is 4.71. The molecule has 2 aromatic carbocycles. The van der Waals surface area contributed by atoms with E-state index in [1.54, 1.807) is 0 Å². The summed E-state index contributed by atoms with van der Waals surface area (Å²) < 4.78 is 93.8. The number of ether oxygens (including phenoxy) is 3. The van der Waals surface area contributed by atoms with Crippen molar-refractivity contribution in [1.29, 1.82) is 0 Å². The van der Waals surface area contributed by atoms with Gasteiger partial charge in [-0.05, 0) is 42.8 Å². The fraction of sp³-hybridized carbons (Fsp3) is 0.333. The second-order valence-corrected chi connectivity index (χ2v) is 8.28. The molecular weight excluding hydrogens is 404 g/mol. The molecule has 2 aromatic rings. The molecule has 1 heterocycles. The molecule has 0 amide bonds. The van der Waals surface area contributed by atoms with Gasteiger partial charge in [0, 0.05) is 17.5 Å². The summed E-state index contributed by atoms with van der Waals surface area (Å²) in [6.45, 7) is 0.266. The van der Waals surface area contributed by atoms with Gasteiger partial charge in [0.05, 0.1) is 18.1 Å². The van der Waals surface area contributed by atoms with Crippen LogP contribution in [0.4, 0.5) is 17.6 Å². The van der Waals surface area contributed by atoms with Crippen LogP contribution in [0.1, 0.15) is 17.5 Å². The molecule has 4 rings (SSSR count). The molecule has 0 N–H and O–H groups in total. The van der Waals surface area contributed by atoms with Gasteiger partial charge in [-0.3, -0.25) is 0 Å². The second kappa shape index (κ2) is 6.43. The second-order valence-electron chi connectivity index (χ2n) is 6.37. The van der Waals surface area contributed by atoms with E-state index in [9.17, 15) is 26.0 Å². The molecule has 0 saturated carbocycles. The normalized spacial score (nSPS) is 18.4. The summed E-state index contributed by atoms with van der Waals surface area (Å²) in [7, 11) is -5.63. The lowest BCUT2D eigenvalue weighted by Crippen LogP contribution is -2.30. The van der Waals surface area contributed by atoms with E-state index in [0.29, 0.717) is 0 Å². The summed E-state index contributed by atoms with van der Waals surface area (Å²) in [5.74, 6) is -1.61. The minimum Gasteiger partial charge on any atom is -0.457 e. The fourth-order valence-electron chi connectivity index (χ4n) is 3.50. The third kappa shape index (κ3) is 2.96. The number of benzene rings is 2. The van der Waals surface area contributed by atoms with Crippen LogP contribution in [0.15, 0.2) is 41.3 Å². The fourth-order valence-corrected chi connectivity index (χ4v) is 4.55. The smallest absolute Gasteiger partial charge is 0.457 e. The summed E-state index contributed by atoms with van der Waals surface area (Å²) in [6, 6.07) is 7.06. The molecule has 1 aliphatic carbocycles. The summed E-state index contributed by atoms with van der Waals surface area (Å²) in [5.41, 5.74) is -5.39. The molecule has 5 nitrogen and oxygen atoms in total. The number of fused-ring (bicyclic) bond motifs is 2. The van der Waals surface area contributed by atoms with Crippen molar-refractivity contribution in [3.8, 4) is 11.5 Å². The standard InChI is InChI=1S/C18H14F4O5S/c19-11-1-3-12(4-2-11)27-14-5-6-15(28(23,24)18(20,21)22)16-13(14)7-8-17(16)25-9-10-26-17/h1-6H,7-10H2. The van der Waals surface area contributed by atoms with Crippen LogP contribution >= 0.6 is 0 Å². The monoisotopic (exact) mass is 418 g/mol. The quantitative estimate of drug-likeness (QED) is 0.704. The zero-order valence-corrected chi connectivity index (χ0v) is 15.1. The van der Waals surface area contributed by atoms with Gasteiger partial charge in [0.25, 0.3) is 9.84 Å². The third-order valence-corrected chi connectivity index (χ3v) is 6.23. The summed E-state index contributed by atoms with van der Waals surface area (Å²) in [4.78, 5) is -0.902. The molecule has 1 fully saturated rings. The van der Waals surface area contributed by atoms with Gasteiger partial charge in [-0.25, -0.2) is 12.8 Å². The van der Waals surface area contributed by atoms with Gasteiger partial charge in [0.1, 0.15) is 17.3 Å². The molecule has 1 saturated heterocycles. The van der Waals surface area contributed by atoms with Crippen molar-refractivity contribution in [3.05, 3.63) is 53.3 Å². The number of halogens is 4. The van der Waals surface area contributed by atoms with E-state index in [4.69, 9.17) is 14.2 Å². The van der Waals surface area contributed by atoms with Crippen molar-refractivity contribution in [2.75, 3.05) is 13.2 Å². The number of alkyl halides is 3. The van der Waals surface area contributed by atoms with Crippen LogP contribution in [-0.2, 0) is 31.5 Å². The Balaban J connectivity index is 1.87. The van der Waals surface area contributed by atoms with Crippen LogP contribution in [0.2, 0.25) is 0 Å². The van der Waals surface area contributed by atoms with Crippen LogP contribution < -0.4 is 4.74 Å². The predicted octanol–water partition coefficient (Wildman–Crippen LogP) is 4.06. The van der Waals surface area contributed by atoms with Crippen LogP contribution in [-0.4, -0.2) is 27.1 Å². The maximum absolute atomic E-state index is 13.2. The highest BCUT2D eigenvalue weighted by Gasteiger charge is 2.54. The predicted molar refractivity (Wildman–Crippen MR) is 88.1 cm³/mol. The SMILES string of the molecule is O=S(=O)(c1ccc(Oc2ccc(F)cc2)c2c1C1(CC2)OCCO1)C(F)(F)F. The zero-order chi connectivity index (χ0) is 20.2. The lowest BCUT2D eigenvalue weighted by molar-refractivity contribution is -0.164. The largest absolute Gasteiger partial charge is 0.501 e. The van der Waals surface area contributed by atoms with Crippen molar-refractivity contribution < 1.29 is 40.2 Å². The van der Waals surface area contributed by atoms with E-state index in [-0.39, 0.29) is 48.7 Å². The van der Waals surface area contributed by atoms with Crippen molar-refractivity contribution >= 4 is 9.84 Å². The molecule has 0 aromatic heterocycles. The van der Waals surface area contributed by atoms with E-state index in [2.05, 4.69) is 0 Å². The van der Waals surface area contributed by atoms with Gasteiger partial charge in [-0.15, -0.1) is 0 Å². The average Bonchev–Trinajstić information content (AvgIpc) is 3.25. The molecule has 0 unspecified atom stereocenters. The Kier molecular flexibility index (Phi) is 4.40. The van der Waals surface area contributed by atoms with Crippen molar-refractivity contribution in [2.45, 2.75) is 29.0 Å². The van der Waals surface area contributed by atoms with E-state index in [1.165, 1.54) is 24.3 Å². The van der Waals surface area contributed by atoms with Crippen LogP contribution in [0, 0.1) is 5.82 Å². The first kappa shape index (κ1) is 19.2. The van der Waals surface area contributed by atoms with Crippen LogP contribution in [0.25, 0.3) is 0 Å². The Bertz CT molecular complexity index is 1010. The van der Waals surface area contributed by atoms with Crippen molar-refractivity contribution in [2.24, 2.45) is 0 Å². The highest BCUT2D eigenvalue weighted by molar-refractivity contribution is 7.92. The number of hydrogen-bond acceptors (Lipinski definition) is 5. The molecule has 0 radical (unpaired) electrons. The number of hydrogen-bond donors (Lipinski definition) is 0. The highest BCUT2D eigenvalue weighted by atomic mass is 32.2. The molecule has 28 heavy (non-hydrogen) atoms. The van der Waals surface area contributed by atoms with Gasteiger partial charge in [0.15, 0.2) is 5.79 Å². The van der Waals surface area contributed by atoms with Gasteiger partial charge < -0.3 is 14.2 Å². The molecule has 150 valence electrons. The number of sulfone groups is 1. The van der Waals surface area contributed by atoms with E-state index in [1.807, 2.05) is 0 Å². The van der Waals surface area contributed by atoms with Crippen molar-refractivity contribution in [1.82, 2.24) is 0 Å². The first-order valence-corrected chi connectivity index (χ1v) is 9.81. The summed E-state index contributed by atoms with van der Waals surface area (Å²) in [5, 5.41) is 0. The lowest BCUT2D eigenvalue weighted by Gasteiger charge is -2.26. The van der Waals surface area contributed by atoms with E-state index in [0.717, 1.165) is 12.1 Å². The molecule has 2 aliphatic rings. The molecular formula is C18H14F4O5S. The van der Waals surface area contributed by atoms with Gasteiger partial charge in [-0.2, -0.15) is 13.2 Å². The maximum Gasteiger partial charge on any atom is 0.501 e. The minimum absolute atomic E-state index is 0.133. The van der Waals surface area contributed by atoms with Crippen LogP contribution in [0.3, 0.4) is 0 Å². The summed E-state index contributed by atoms with van der Waals surface area (Å²) in [6.07, 6.45) is 0.361. The molecule has 10 heteroatoms. The molecule has 1 spiro atoms. The van der Waals surface area contributed by atoms with E-state index >= 15 is 0 Å². The van der Waals surface area contributed by atoms with Crippen LogP contribution in [0.5, 0.6) is 11.5 Å². The molecule has 0 bridgehead atoms. The van der Waals surface area contributed by atoms with E-state index < -0.39 is 31.8 Å². The molecule has 0 atom stereocenters. The van der Waals surface area contributed by atoms with Gasteiger partial charge in [-0.1, -0.05) is 0 Å². The minimum atomic E-state index is -5.63. The summed E-state index contributed by atoms with van der Waals surface area (Å²) >= 11 is 0. The average molecular weight is 418 g/mol. The Morgan fingerprint density at radius 2 is 1.64 bits per heavy atom. The molecule has 1 aliphatic heterocycles. The van der Waals surface area contributed by atoms with Gasteiger partial charge >= 0.3 is 5.51 Å². The Morgan fingerprint density at radius 1 is 1.00 bits per heavy atom. The maximum atomic E-state index is 13.2. The van der Waals surface area contributed by atoms with Crippen molar-refractivity contribution in [3.63, 3.8) is 0 Å². The lowest BCUT2D eigenvalue weighted by atomic mass is 10.1. The Morgan fingerprint density at radius 3 is 2.25 bits per heavy atom. The Labute approximate surface area is 157 Å². The first-order valence-electron chi connectivity index (χ1n) is 8.33.